The van der Waals surface area contributed by atoms with Gasteiger partial charge in [-0.15, -0.1) is 11.3 Å². The fourth-order valence-electron chi connectivity index (χ4n) is 5.27. The number of rotatable bonds is 6. The number of nitrogens with one attached hydrogen (secondary N) is 1. The van der Waals surface area contributed by atoms with Crippen molar-refractivity contribution in [2.24, 2.45) is 10.7 Å². The molecule has 192 valence electrons. The van der Waals surface area contributed by atoms with Crippen molar-refractivity contribution in [1.82, 2.24) is 14.9 Å². The Labute approximate surface area is 212 Å². The third kappa shape index (κ3) is 5.45. The minimum atomic E-state index is -0.224. The summed E-state index contributed by atoms with van der Waals surface area (Å²) in [6, 6.07) is 0.624. The van der Waals surface area contributed by atoms with Gasteiger partial charge in [-0.3, -0.25) is 9.89 Å². The molecule has 2 aliphatic heterocycles. The molecule has 2 aromatic heterocycles. The van der Waals surface area contributed by atoms with Crippen molar-refractivity contribution in [2.75, 3.05) is 38.7 Å². The fourth-order valence-corrected chi connectivity index (χ4v) is 6.36. The van der Waals surface area contributed by atoms with Crippen LogP contribution in [0.2, 0.25) is 0 Å². The molecule has 3 aliphatic rings. The van der Waals surface area contributed by atoms with E-state index < -0.39 is 0 Å². The summed E-state index contributed by atoms with van der Waals surface area (Å²) in [5.41, 5.74) is 7.43. The molecule has 9 nitrogen and oxygen atoms in total. The lowest BCUT2D eigenvalue weighted by Gasteiger charge is -2.38. The summed E-state index contributed by atoms with van der Waals surface area (Å²) < 4.78 is 18.3. The van der Waals surface area contributed by atoms with Crippen molar-refractivity contribution in [1.29, 1.82) is 0 Å². The topological polar surface area (TPSA) is 107 Å². The van der Waals surface area contributed by atoms with Gasteiger partial charge in [-0.2, -0.15) is 4.98 Å². The number of ether oxygens (including phenoxy) is 3. The highest BCUT2D eigenvalue weighted by Gasteiger charge is 2.33. The Hall–Kier alpha value is -2.27. The number of fused-ring (bicyclic) bond motifs is 3. The third-order valence-corrected chi connectivity index (χ3v) is 8.18. The molecular weight excluding hydrogens is 464 g/mol. The molecule has 4 heterocycles. The number of allylic oxidation sites excluding steroid dienone is 1. The number of aromatic nitrogens is 2. The van der Waals surface area contributed by atoms with Gasteiger partial charge in [0.25, 0.3) is 0 Å². The molecule has 10 heteroatoms. The predicted octanol–water partition coefficient (Wildman–Crippen LogP) is 3.72. The lowest BCUT2D eigenvalue weighted by Crippen LogP contribution is -2.46. The molecule has 0 atom stereocenters. The fraction of sp³-hybridized carbons (Fsp3) is 0.640. The quantitative estimate of drug-likeness (QED) is 0.576. The normalized spacial score (nSPS) is 25.6. The average molecular weight is 503 g/mol. The number of hydrogen-bond donors (Lipinski definition) is 2. The molecule has 1 saturated carbocycles. The smallest absolute Gasteiger partial charge is 0.232 e. The Kier molecular flexibility index (Phi) is 7.24. The minimum absolute atomic E-state index is 0. The van der Waals surface area contributed by atoms with Gasteiger partial charge in [-0.25, -0.2) is 4.98 Å². The Morgan fingerprint density at radius 2 is 2.03 bits per heavy atom. The number of thiophene rings is 1. The van der Waals surface area contributed by atoms with E-state index in [-0.39, 0.29) is 13.1 Å². The first-order chi connectivity index (χ1) is 17.0. The van der Waals surface area contributed by atoms with E-state index in [2.05, 4.69) is 29.1 Å². The van der Waals surface area contributed by atoms with Gasteiger partial charge in [0.05, 0.1) is 36.5 Å². The Bertz CT molecular complexity index is 1110. The van der Waals surface area contributed by atoms with E-state index >= 15 is 0 Å². The van der Waals surface area contributed by atoms with Gasteiger partial charge < -0.3 is 25.3 Å². The number of anilines is 1. The van der Waals surface area contributed by atoms with Crippen LogP contribution in [0.15, 0.2) is 16.9 Å². The zero-order valence-corrected chi connectivity index (χ0v) is 21.7. The van der Waals surface area contributed by atoms with Crippen LogP contribution in [0, 0.1) is 0 Å². The average Bonchev–Trinajstić information content (AvgIpc) is 3.21. The van der Waals surface area contributed by atoms with E-state index in [1.165, 1.54) is 16.6 Å². The monoisotopic (exact) mass is 502 g/mol. The number of morpholine rings is 1. The second-order valence-electron chi connectivity index (χ2n) is 10.1. The number of nitrogens with zero attached hydrogens (tertiary/aromatic N) is 4. The summed E-state index contributed by atoms with van der Waals surface area (Å²) in [4.78, 5) is 18.4. The maximum Gasteiger partial charge on any atom is 0.232 e. The van der Waals surface area contributed by atoms with Gasteiger partial charge in [-0.05, 0) is 45.1 Å². The molecule has 2 fully saturated rings. The van der Waals surface area contributed by atoms with Crippen molar-refractivity contribution < 1.29 is 15.6 Å². The van der Waals surface area contributed by atoms with Crippen LogP contribution in [-0.4, -0.2) is 72.2 Å². The molecule has 2 aromatic rings. The second-order valence-corrected chi connectivity index (χ2v) is 11.2. The molecule has 0 bridgehead atoms. The van der Waals surface area contributed by atoms with E-state index in [1.54, 1.807) is 24.6 Å². The van der Waals surface area contributed by atoms with Gasteiger partial charge in [0, 0.05) is 51.3 Å². The SMILES string of the molecule is CN=C/C(=C\N)Nc1nc(OC2CCC(N3CCOCC3)CC2)c2c3c(sc2n1)COC(C)(C)C3.[HH]. The van der Waals surface area contributed by atoms with E-state index in [0.29, 0.717) is 30.2 Å². The van der Waals surface area contributed by atoms with Crippen LogP contribution in [0.3, 0.4) is 0 Å². The summed E-state index contributed by atoms with van der Waals surface area (Å²) in [5.74, 6) is 1.12. The summed E-state index contributed by atoms with van der Waals surface area (Å²) in [6.07, 6.45) is 8.39. The van der Waals surface area contributed by atoms with Crippen LogP contribution in [0.4, 0.5) is 5.95 Å². The Morgan fingerprint density at radius 1 is 1.26 bits per heavy atom. The van der Waals surface area contributed by atoms with Crippen LogP contribution < -0.4 is 15.8 Å². The second kappa shape index (κ2) is 10.4. The first-order valence-corrected chi connectivity index (χ1v) is 13.3. The molecule has 1 saturated heterocycles. The van der Waals surface area contributed by atoms with Crippen molar-refractivity contribution in [3.8, 4) is 5.88 Å². The third-order valence-electron chi connectivity index (χ3n) is 7.09. The standard InChI is InChI=1S/C25H36N6O3S.H2/c1-25(2)12-19-20(15-33-25)35-23-21(19)22(29-24(30-23)28-16(13-26)14-27-3)34-18-6-4-17(5-7-18)31-8-10-32-11-9-31;/h13-14,17-18H,4-12,15,26H2,1-3H3,(H,28,29,30);1H/b16-13+,27-14?;. The number of hydrogen-bond acceptors (Lipinski definition) is 10. The minimum Gasteiger partial charge on any atom is -0.474 e. The molecule has 0 unspecified atom stereocenters. The summed E-state index contributed by atoms with van der Waals surface area (Å²) >= 11 is 1.66. The first-order valence-electron chi connectivity index (χ1n) is 12.5. The highest BCUT2D eigenvalue weighted by Crippen LogP contribution is 2.43. The van der Waals surface area contributed by atoms with Crippen LogP contribution in [0.5, 0.6) is 5.88 Å². The van der Waals surface area contributed by atoms with Gasteiger partial charge in [-0.1, -0.05) is 0 Å². The largest absolute Gasteiger partial charge is 0.474 e. The Balaban J connectivity index is 0.00000304. The van der Waals surface area contributed by atoms with E-state index in [0.717, 1.165) is 68.6 Å². The van der Waals surface area contributed by atoms with Crippen molar-refractivity contribution in [3.63, 3.8) is 0 Å². The zero-order chi connectivity index (χ0) is 24.4. The van der Waals surface area contributed by atoms with Crippen LogP contribution >= 0.6 is 11.3 Å². The van der Waals surface area contributed by atoms with Crippen LogP contribution in [-0.2, 0) is 22.5 Å². The molecule has 1 aliphatic carbocycles. The van der Waals surface area contributed by atoms with Crippen LogP contribution in [0.1, 0.15) is 51.4 Å². The Morgan fingerprint density at radius 3 is 2.74 bits per heavy atom. The maximum atomic E-state index is 6.66. The first kappa shape index (κ1) is 24.4. The van der Waals surface area contributed by atoms with E-state index in [4.69, 9.17) is 29.9 Å². The lowest BCUT2D eigenvalue weighted by atomic mass is 9.91. The highest BCUT2D eigenvalue weighted by molar-refractivity contribution is 7.18. The number of aliphatic imine (C=N–C) groups is 1. The molecule has 0 radical (unpaired) electrons. The lowest BCUT2D eigenvalue weighted by molar-refractivity contribution is -0.0379. The van der Waals surface area contributed by atoms with Gasteiger partial charge in [0.1, 0.15) is 10.9 Å². The molecular formula is C25H38N6O3S. The van der Waals surface area contributed by atoms with E-state index in [9.17, 15) is 0 Å². The van der Waals surface area contributed by atoms with Crippen molar-refractivity contribution in [3.05, 3.63) is 22.3 Å². The number of nitrogens with two attached hydrogens (primary N) is 1. The molecule has 0 amide bonds. The van der Waals surface area contributed by atoms with Crippen molar-refractivity contribution >= 4 is 33.7 Å². The zero-order valence-electron chi connectivity index (χ0n) is 20.9. The van der Waals surface area contributed by atoms with Gasteiger partial charge >= 0.3 is 0 Å². The van der Waals surface area contributed by atoms with Gasteiger partial charge in [0.15, 0.2) is 0 Å². The molecule has 0 aromatic carbocycles. The molecule has 0 spiro atoms. The summed E-state index contributed by atoms with van der Waals surface area (Å²) in [6.45, 7) is 8.61. The van der Waals surface area contributed by atoms with Gasteiger partial charge in [0.2, 0.25) is 11.8 Å². The summed E-state index contributed by atoms with van der Waals surface area (Å²) in [7, 11) is 1.70. The van der Waals surface area contributed by atoms with Crippen molar-refractivity contribution in [2.45, 2.75) is 70.3 Å². The van der Waals surface area contributed by atoms with Crippen LogP contribution in [0.25, 0.3) is 10.2 Å². The summed E-state index contributed by atoms with van der Waals surface area (Å²) in [5, 5.41) is 4.22. The molecule has 5 rings (SSSR count). The molecule has 35 heavy (non-hydrogen) atoms. The predicted molar refractivity (Wildman–Crippen MR) is 141 cm³/mol. The molecule has 3 N–H and O–H groups in total. The van der Waals surface area contributed by atoms with E-state index in [1.807, 2.05) is 0 Å². The highest BCUT2D eigenvalue weighted by atomic mass is 32.1. The maximum absolute atomic E-state index is 6.66.